The fraction of sp³-hybridized carbons (Fsp3) is 0.207. The molecule has 4 rings (SSSR count). The number of carbonyl (C=O) groups is 3. The molecule has 2 atom stereocenters. The quantitative estimate of drug-likeness (QED) is 0.193. The van der Waals surface area contributed by atoms with Crippen LogP contribution in [-0.2, 0) is 20.8 Å². The maximum absolute atomic E-state index is 13.0. The minimum Gasteiger partial charge on any atom is -0.467 e. The van der Waals surface area contributed by atoms with Gasteiger partial charge in [0.25, 0.3) is 17.2 Å². The lowest BCUT2D eigenvalue weighted by molar-refractivity contribution is -0.142. The summed E-state index contributed by atoms with van der Waals surface area (Å²) in [4.78, 5) is 37.1. The van der Waals surface area contributed by atoms with Crippen molar-refractivity contribution in [3.8, 4) is 11.1 Å². The highest BCUT2D eigenvalue weighted by molar-refractivity contribution is 7.80. The molecular weight excluding hydrogens is 534 g/mol. The van der Waals surface area contributed by atoms with Gasteiger partial charge >= 0.3 is 5.97 Å². The van der Waals surface area contributed by atoms with E-state index in [4.69, 9.17) is 14.9 Å². The molecule has 0 radical (unpaired) electrons. The van der Waals surface area contributed by atoms with Gasteiger partial charge in [0, 0.05) is 16.6 Å². The van der Waals surface area contributed by atoms with Crippen molar-refractivity contribution >= 4 is 51.4 Å². The number of nitrogens with zero attached hydrogens (tertiary/aromatic N) is 1. The molecule has 11 heteroatoms. The van der Waals surface area contributed by atoms with E-state index in [1.807, 2.05) is 12.1 Å². The molecule has 40 heavy (non-hydrogen) atoms. The molecule has 0 aliphatic carbocycles. The molecular formula is C29H29N3O7S. The summed E-state index contributed by atoms with van der Waals surface area (Å²) in [5.41, 5.74) is 9.23. The summed E-state index contributed by atoms with van der Waals surface area (Å²) in [6, 6.07) is 17.9. The lowest BCUT2D eigenvalue weighted by Gasteiger charge is -2.30. The van der Waals surface area contributed by atoms with Crippen LogP contribution in [-0.4, -0.2) is 39.7 Å². The Labute approximate surface area is 233 Å². The molecule has 0 saturated carbocycles. The second kappa shape index (κ2) is 11.7. The van der Waals surface area contributed by atoms with Crippen molar-refractivity contribution in [1.82, 2.24) is 0 Å². The third-order valence-electron chi connectivity index (χ3n) is 6.52. The summed E-state index contributed by atoms with van der Waals surface area (Å²) in [5.74, 6) is -1.88. The van der Waals surface area contributed by atoms with Crippen LogP contribution in [0.1, 0.15) is 40.3 Å². The summed E-state index contributed by atoms with van der Waals surface area (Å²) in [7, 11) is 1.24. The first-order valence-corrected chi connectivity index (χ1v) is 13.4. The number of esters is 1. The van der Waals surface area contributed by atoms with Gasteiger partial charge in [-0.1, -0.05) is 44.2 Å². The molecule has 1 heterocycles. The van der Waals surface area contributed by atoms with Crippen molar-refractivity contribution in [3.05, 3.63) is 83.6 Å². The van der Waals surface area contributed by atoms with Crippen molar-refractivity contribution in [2.75, 3.05) is 16.7 Å². The third-order valence-corrected chi connectivity index (χ3v) is 7.29. The first kappa shape index (κ1) is 28.5. The van der Waals surface area contributed by atoms with Gasteiger partial charge in [0.1, 0.15) is 11.6 Å². The van der Waals surface area contributed by atoms with Crippen LogP contribution in [0.2, 0.25) is 0 Å². The maximum atomic E-state index is 13.0. The van der Waals surface area contributed by atoms with Crippen LogP contribution in [0, 0.1) is 12.8 Å². The molecule has 4 N–H and O–H groups in total. The molecule has 0 saturated heterocycles. The number of primary amides is 1. The van der Waals surface area contributed by atoms with E-state index in [1.165, 1.54) is 7.11 Å². The van der Waals surface area contributed by atoms with Crippen molar-refractivity contribution in [3.63, 3.8) is 0 Å². The van der Waals surface area contributed by atoms with Crippen LogP contribution in [0.25, 0.3) is 22.1 Å². The van der Waals surface area contributed by atoms with Gasteiger partial charge in [0.2, 0.25) is 5.91 Å². The first-order chi connectivity index (χ1) is 19.0. The summed E-state index contributed by atoms with van der Waals surface area (Å²) >= 11 is -2.45. The zero-order valence-electron chi connectivity index (χ0n) is 22.3. The SMILES string of the molecule is COC(=O)C(C(C)C)N(c1ccc(-c2ccc(NC(=O)c3oc4cccc(C(N)=O)c4c3C)cc2)cc1)S(=O)O. The number of ether oxygens (including phenoxy) is 1. The summed E-state index contributed by atoms with van der Waals surface area (Å²) in [5, 5.41) is 3.31. The Kier molecular flexibility index (Phi) is 8.36. The van der Waals surface area contributed by atoms with E-state index in [9.17, 15) is 23.1 Å². The van der Waals surface area contributed by atoms with Crippen molar-refractivity contribution in [1.29, 1.82) is 0 Å². The predicted octanol–water partition coefficient (Wildman–Crippen LogP) is 4.90. The van der Waals surface area contributed by atoms with Crippen LogP contribution in [0.3, 0.4) is 0 Å². The summed E-state index contributed by atoms with van der Waals surface area (Å²) < 4.78 is 33.7. The van der Waals surface area contributed by atoms with Crippen LogP contribution in [0.5, 0.6) is 0 Å². The molecule has 3 aromatic carbocycles. The molecule has 208 valence electrons. The van der Waals surface area contributed by atoms with E-state index in [1.54, 1.807) is 75.4 Å². The monoisotopic (exact) mass is 563 g/mol. The Morgan fingerprint density at radius 1 is 1.00 bits per heavy atom. The average molecular weight is 564 g/mol. The Morgan fingerprint density at radius 3 is 2.12 bits per heavy atom. The number of rotatable bonds is 9. The number of aryl methyl sites for hydroxylation is 1. The predicted molar refractivity (Wildman–Crippen MR) is 153 cm³/mol. The smallest absolute Gasteiger partial charge is 0.329 e. The van der Waals surface area contributed by atoms with E-state index >= 15 is 0 Å². The van der Waals surface area contributed by atoms with Crippen LogP contribution < -0.4 is 15.4 Å². The Morgan fingerprint density at radius 2 is 1.60 bits per heavy atom. The zero-order chi connectivity index (χ0) is 29.1. The van der Waals surface area contributed by atoms with Gasteiger partial charge in [-0.25, -0.2) is 9.00 Å². The standard InChI is InChI=1S/C29H29N3O7S/c1-16(2)25(29(35)38-4)32(40(36)37)21-14-10-19(11-15-21)18-8-12-20(13-9-18)31-28(34)26-17(3)24-22(27(30)33)6-5-7-23(24)39-26/h5-16,25H,1-4H3,(H2,30,33)(H,31,34)(H,36,37). The van der Waals surface area contributed by atoms with E-state index < -0.39 is 35.1 Å². The van der Waals surface area contributed by atoms with Gasteiger partial charge in [-0.3, -0.25) is 18.4 Å². The topological polar surface area (TPSA) is 152 Å². The second-order valence-electron chi connectivity index (χ2n) is 9.45. The number of anilines is 2. The number of benzene rings is 3. The highest BCUT2D eigenvalue weighted by atomic mass is 32.2. The van der Waals surface area contributed by atoms with Crippen LogP contribution in [0.4, 0.5) is 11.4 Å². The van der Waals surface area contributed by atoms with Crippen molar-refractivity contribution in [2.45, 2.75) is 26.8 Å². The third kappa shape index (κ3) is 5.61. The number of amides is 2. The summed E-state index contributed by atoms with van der Waals surface area (Å²) in [6.45, 7) is 5.23. The van der Waals surface area contributed by atoms with E-state index in [-0.39, 0.29) is 17.2 Å². The minimum atomic E-state index is -2.45. The number of hydrogen-bond acceptors (Lipinski definition) is 6. The molecule has 2 unspecified atom stereocenters. The number of methoxy groups -OCH3 is 1. The lowest BCUT2D eigenvalue weighted by Crippen LogP contribution is -2.46. The first-order valence-electron chi connectivity index (χ1n) is 12.3. The average Bonchev–Trinajstić information content (AvgIpc) is 3.28. The fourth-order valence-electron chi connectivity index (χ4n) is 4.57. The Balaban J connectivity index is 1.53. The molecule has 1 aromatic heterocycles. The zero-order valence-corrected chi connectivity index (χ0v) is 23.2. The van der Waals surface area contributed by atoms with Gasteiger partial charge in [-0.2, -0.15) is 0 Å². The van der Waals surface area contributed by atoms with E-state index in [0.717, 1.165) is 15.4 Å². The van der Waals surface area contributed by atoms with Gasteiger partial charge in [-0.15, -0.1) is 0 Å². The molecule has 4 aromatic rings. The normalized spacial score (nSPS) is 12.7. The van der Waals surface area contributed by atoms with Gasteiger partial charge in [0.15, 0.2) is 5.76 Å². The van der Waals surface area contributed by atoms with E-state index in [0.29, 0.717) is 27.9 Å². The van der Waals surface area contributed by atoms with Crippen LogP contribution >= 0.6 is 0 Å². The molecule has 0 aliphatic heterocycles. The second-order valence-corrected chi connectivity index (χ2v) is 10.3. The number of furan rings is 1. The van der Waals surface area contributed by atoms with Gasteiger partial charge < -0.3 is 20.2 Å². The molecule has 10 nitrogen and oxygen atoms in total. The lowest BCUT2D eigenvalue weighted by atomic mass is 10.0. The van der Waals surface area contributed by atoms with Gasteiger partial charge in [0.05, 0.1) is 18.4 Å². The van der Waals surface area contributed by atoms with Crippen molar-refractivity contribution < 1.29 is 32.3 Å². The molecule has 0 spiro atoms. The van der Waals surface area contributed by atoms with Crippen LogP contribution in [0.15, 0.2) is 71.1 Å². The number of fused-ring (bicyclic) bond motifs is 1. The molecule has 0 fully saturated rings. The van der Waals surface area contributed by atoms with Crippen molar-refractivity contribution in [2.24, 2.45) is 11.7 Å². The molecule has 0 bridgehead atoms. The molecule has 2 amide bonds. The number of hydrogen-bond donors (Lipinski definition) is 3. The Bertz CT molecular complexity index is 1590. The largest absolute Gasteiger partial charge is 0.467 e. The number of carbonyl (C=O) groups excluding carboxylic acids is 3. The fourth-order valence-corrected chi connectivity index (χ4v) is 5.39. The number of nitrogens with two attached hydrogens (primary N) is 1. The van der Waals surface area contributed by atoms with Gasteiger partial charge in [-0.05, 0) is 60.4 Å². The summed E-state index contributed by atoms with van der Waals surface area (Å²) in [6.07, 6.45) is 0. The Hall–Kier alpha value is -4.48. The number of nitrogens with one attached hydrogen (secondary N) is 1. The highest BCUT2D eigenvalue weighted by Crippen LogP contribution is 2.30. The maximum Gasteiger partial charge on any atom is 0.329 e. The highest BCUT2D eigenvalue weighted by Gasteiger charge is 2.33. The molecule has 0 aliphatic rings. The minimum absolute atomic E-state index is 0.0841. The van der Waals surface area contributed by atoms with E-state index in [2.05, 4.69) is 5.32 Å².